The average Bonchev–Trinajstić information content (AvgIpc) is 3.09. The second kappa shape index (κ2) is 5.50. The van der Waals surface area contributed by atoms with Gasteiger partial charge in [0, 0.05) is 18.3 Å². The zero-order valence-electron chi connectivity index (χ0n) is 10.5. The Balaban J connectivity index is 2.22. The second-order valence-corrected chi connectivity index (χ2v) is 4.78. The lowest BCUT2D eigenvalue weighted by Gasteiger charge is -2.24. The van der Waals surface area contributed by atoms with Crippen molar-refractivity contribution in [2.75, 3.05) is 18.0 Å². The molecule has 1 aromatic rings. The smallest absolute Gasteiger partial charge is 0.125 e. The van der Waals surface area contributed by atoms with Gasteiger partial charge in [0.25, 0.3) is 0 Å². The third-order valence-electron chi connectivity index (χ3n) is 3.16. The van der Waals surface area contributed by atoms with Crippen molar-refractivity contribution in [3.05, 3.63) is 29.6 Å². The van der Waals surface area contributed by atoms with Crippen LogP contribution in [0.1, 0.15) is 31.7 Å². The Hall–Kier alpha value is -1.09. The summed E-state index contributed by atoms with van der Waals surface area (Å²) in [7, 11) is 0. The van der Waals surface area contributed by atoms with E-state index >= 15 is 0 Å². The molecule has 0 heterocycles. The predicted molar refractivity (Wildman–Crippen MR) is 69.8 cm³/mol. The number of halogens is 1. The van der Waals surface area contributed by atoms with Crippen molar-refractivity contribution in [2.24, 2.45) is 5.73 Å². The van der Waals surface area contributed by atoms with Gasteiger partial charge >= 0.3 is 0 Å². The van der Waals surface area contributed by atoms with Crippen molar-refractivity contribution in [3.8, 4) is 0 Å². The highest BCUT2D eigenvalue weighted by molar-refractivity contribution is 5.51. The molecule has 0 radical (unpaired) electrons. The summed E-state index contributed by atoms with van der Waals surface area (Å²) < 4.78 is 13.6. The Labute approximate surface area is 103 Å². The lowest BCUT2D eigenvalue weighted by atomic mass is 10.1. The molecule has 3 heteroatoms. The third kappa shape index (κ3) is 3.19. The van der Waals surface area contributed by atoms with Crippen LogP contribution >= 0.6 is 0 Å². The zero-order chi connectivity index (χ0) is 12.3. The van der Waals surface area contributed by atoms with E-state index in [-0.39, 0.29) is 5.82 Å². The number of nitrogens with two attached hydrogens (primary N) is 1. The van der Waals surface area contributed by atoms with Crippen LogP contribution in [0.15, 0.2) is 18.2 Å². The van der Waals surface area contributed by atoms with Crippen molar-refractivity contribution in [2.45, 2.75) is 38.6 Å². The first-order chi connectivity index (χ1) is 8.24. The number of nitrogens with zero attached hydrogens (tertiary/aromatic N) is 1. The SMILES string of the molecule is CCCN(c1cc(F)cc(CCN)c1)C1CC1. The molecule has 0 amide bonds. The fourth-order valence-electron chi connectivity index (χ4n) is 2.26. The monoisotopic (exact) mass is 236 g/mol. The number of hydrogen-bond donors (Lipinski definition) is 1. The molecule has 0 bridgehead atoms. The van der Waals surface area contributed by atoms with Gasteiger partial charge in [-0.1, -0.05) is 6.92 Å². The van der Waals surface area contributed by atoms with Gasteiger partial charge in [0.15, 0.2) is 0 Å². The van der Waals surface area contributed by atoms with Crippen LogP contribution in [0.2, 0.25) is 0 Å². The number of hydrogen-bond acceptors (Lipinski definition) is 2. The highest BCUT2D eigenvalue weighted by Crippen LogP contribution is 2.32. The molecular formula is C14H21FN2. The van der Waals surface area contributed by atoms with E-state index < -0.39 is 0 Å². The minimum atomic E-state index is -0.146. The van der Waals surface area contributed by atoms with E-state index in [0.29, 0.717) is 12.6 Å². The van der Waals surface area contributed by atoms with Gasteiger partial charge in [-0.2, -0.15) is 0 Å². The maximum Gasteiger partial charge on any atom is 0.125 e. The van der Waals surface area contributed by atoms with E-state index in [9.17, 15) is 4.39 Å². The number of benzene rings is 1. The van der Waals surface area contributed by atoms with Gasteiger partial charge in [-0.3, -0.25) is 0 Å². The Morgan fingerprint density at radius 3 is 2.71 bits per heavy atom. The highest BCUT2D eigenvalue weighted by atomic mass is 19.1. The first kappa shape index (κ1) is 12.4. The summed E-state index contributed by atoms with van der Waals surface area (Å²) in [6, 6.07) is 5.95. The third-order valence-corrected chi connectivity index (χ3v) is 3.16. The molecule has 1 aromatic carbocycles. The van der Waals surface area contributed by atoms with E-state index in [2.05, 4.69) is 17.9 Å². The zero-order valence-corrected chi connectivity index (χ0v) is 10.5. The quantitative estimate of drug-likeness (QED) is 0.823. The maximum atomic E-state index is 13.6. The minimum Gasteiger partial charge on any atom is -0.368 e. The second-order valence-electron chi connectivity index (χ2n) is 4.78. The molecule has 17 heavy (non-hydrogen) atoms. The summed E-state index contributed by atoms with van der Waals surface area (Å²) in [6.07, 6.45) is 4.32. The Kier molecular flexibility index (Phi) is 4.00. The molecule has 0 atom stereocenters. The molecule has 0 spiro atoms. The Bertz CT molecular complexity index is 374. The van der Waals surface area contributed by atoms with Crippen molar-refractivity contribution < 1.29 is 4.39 Å². The highest BCUT2D eigenvalue weighted by Gasteiger charge is 2.28. The molecule has 2 rings (SSSR count). The normalized spacial score (nSPS) is 15.0. The van der Waals surface area contributed by atoms with Crippen LogP contribution in [-0.2, 0) is 6.42 Å². The van der Waals surface area contributed by atoms with E-state index in [1.54, 1.807) is 12.1 Å². The lowest BCUT2D eigenvalue weighted by molar-refractivity contribution is 0.623. The molecule has 1 aliphatic rings. The lowest BCUT2D eigenvalue weighted by Crippen LogP contribution is -2.26. The summed E-state index contributed by atoms with van der Waals surface area (Å²) in [5, 5.41) is 0. The van der Waals surface area contributed by atoms with Gasteiger partial charge in [0.05, 0.1) is 0 Å². The molecule has 2 nitrogen and oxygen atoms in total. The number of rotatable bonds is 6. The molecule has 1 saturated carbocycles. The van der Waals surface area contributed by atoms with E-state index in [0.717, 1.165) is 30.6 Å². The van der Waals surface area contributed by atoms with E-state index in [1.165, 1.54) is 12.8 Å². The van der Waals surface area contributed by atoms with Gasteiger partial charge in [-0.05, 0) is 56.0 Å². The van der Waals surface area contributed by atoms with E-state index in [1.807, 2.05) is 0 Å². The molecular weight excluding hydrogens is 215 g/mol. The average molecular weight is 236 g/mol. The summed E-state index contributed by atoms with van der Waals surface area (Å²) in [6.45, 7) is 3.74. The molecule has 0 unspecified atom stereocenters. The molecule has 0 saturated heterocycles. The van der Waals surface area contributed by atoms with Crippen molar-refractivity contribution >= 4 is 5.69 Å². The Morgan fingerprint density at radius 2 is 2.12 bits per heavy atom. The largest absolute Gasteiger partial charge is 0.368 e. The van der Waals surface area contributed by atoms with Crippen molar-refractivity contribution in [3.63, 3.8) is 0 Å². The molecule has 94 valence electrons. The van der Waals surface area contributed by atoms with Crippen LogP contribution in [0.4, 0.5) is 10.1 Å². The van der Waals surface area contributed by atoms with E-state index in [4.69, 9.17) is 5.73 Å². The number of anilines is 1. The van der Waals surface area contributed by atoms with Crippen LogP contribution in [-0.4, -0.2) is 19.1 Å². The summed E-state index contributed by atoms with van der Waals surface area (Å²) in [4.78, 5) is 2.34. The van der Waals surface area contributed by atoms with Crippen molar-refractivity contribution in [1.29, 1.82) is 0 Å². The van der Waals surface area contributed by atoms with Gasteiger partial charge < -0.3 is 10.6 Å². The molecule has 1 fully saturated rings. The first-order valence-electron chi connectivity index (χ1n) is 6.50. The minimum absolute atomic E-state index is 0.146. The molecule has 0 aliphatic heterocycles. The standard InChI is InChI=1S/C14H21FN2/c1-2-7-17(13-3-4-13)14-9-11(5-6-16)8-12(15)10-14/h8-10,13H,2-7,16H2,1H3. The Morgan fingerprint density at radius 1 is 1.35 bits per heavy atom. The van der Waals surface area contributed by atoms with Crippen LogP contribution in [0.3, 0.4) is 0 Å². The van der Waals surface area contributed by atoms with Gasteiger partial charge in [0.1, 0.15) is 5.82 Å². The van der Waals surface area contributed by atoms with Gasteiger partial charge in [-0.25, -0.2) is 4.39 Å². The van der Waals surface area contributed by atoms with Crippen molar-refractivity contribution in [1.82, 2.24) is 0 Å². The fraction of sp³-hybridized carbons (Fsp3) is 0.571. The molecule has 2 N–H and O–H groups in total. The topological polar surface area (TPSA) is 29.3 Å². The summed E-state index contributed by atoms with van der Waals surface area (Å²) in [5.41, 5.74) is 7.56. The van der Waals surface area contributed by atoms with Gasteiger partial charge in [-0.15, -0.1) is 0 Å². The molecule has 0 aromatic heterocycles. The van der Waals surface area contributed by atoms with Crippen LogP contribution < -0.4 is 10.6 Å². The summed E-state index contributed by atoms with van der Waals surface area (Å²) >= 11 is 0. The van der Waals surface area contributed by atoms with Crippen LogP contribution in [0.5, 0.6) is 0 Å². The maximum absolute atomic E-state index is 13.6. The predicted octanol–water partition coefficient (Wildman–Crippen LogP) is 2.71. The van der Waals surface area contributed by atoms with Gasteiger partial charge in [0.2, 0.25) is 0 Å². The fourth-order valence-corrected chi connectivity index (χ4v) is 2.26. The van der Waals surface area contributed by atoms with Crippen LogP contribution in [0.25, 0.3) is 0 Å². The molecule has 1 aliphatic carbocycles. The van der Waals surface area contributed by atoms with Crippen LogP contribution in [0, 0.1) is 5.82 Å². The first-order valence-corrected chi connectivity index (χ1v) is 6.50. The summed E-state index contributed by atoms with van der Waals surface area (Å²) in [5.74, 6) is -0.146.